The fourth-order valence-corrected chi connectivity index (χ4v) is 2.39. The molecule has 8 heteroatoms. The minimum Gasteiger partial charge on any atom is -0.497 e. The number of benzene rings is 2. The van der Waals surface area contributed by atoms with Gasteiger partial charge in [-0.15, -0.1) is 5.10 Å². The Kier molecular flexibility index (Phi) is 4.89. The summed E-state index contributed by atoms with van der Waals surface area (Å²) in [5, 5.41) is 13.9. The van der Waals surface area contributed by atoms with Crippen molar-refractivity contribution >= 4 is 11.6 Å². The number of nitrogens with zero attached hydrogens (tertiary/aromatic N) is 4. The number of hydrogen-bond donors (Lipinski definition) is 1. The van der Waals surface area contributed by atoms with Gasteiger partial charge >= 0.3 is 0 Å². The molecule has 1 N–H and O–H groups in total. The van der Waals surface area contributed by atoms with Crippen LogP contribution in [0.2, 0.25) is 0 Å². The molecule has 8 nitrogen and oxygen atoms in total. The number of carbonyl (C=O) groups is 1. The van der Waals surface area contributed by atoms with Crippen molar-refractivity contribution in [2.75, 3.05) is 19.5 Å². The van der Waals surface area contributed by atoms with Crippen LogP contribution in [-0.4, -0.2) is 40.3 Å². The molecule has 0 unspecified atom stereocenters. The molecule has 0 atom stereocenters. The molecule has 25 heavy (non-hydrogen) atoms. The van der Waals surface area contributed by atoms with Crippen LogP contribution in [0, 0.1) is 0 Å². The highest BCUT2D eigenvalue weighted by molar-refractivity contribution is 5.92. The molecule has 0 radical (unpaired) electrons. The Morgan fingerprint density at radius 3 is 2.76 bits per heavy atom. The second-order valence-electron chi connectivity index (χ2n) is 5.22. The smallest absolute Gasteiger partial charge is 0.228 e. The summed E-state index contributed by atoms with van der Waals surface area (Å²) in [4.78, 5) is 12.3. The predicted octanol–water partition coefficient (Wildman–Crippen LogP) is 1.86. The Balaban J connectivity index is 1.76. The van der Waals surface area contributed by atoms with Crippen molar-refractivity contribution in [3.63, 3.8) is 0 Å². The highest BCUT2D eigenvalue weighted by Gasteiger charge is 2.10. The van der Waals surface area contributed by atoms with E-state index in [4.69, 9.17) is 9.47 Å². The Bertz CT molecular complexity index is 864. The molecular weight excluding hydrogens is 322 g/mol. The van der Waals surface area contributed by atoms with Crippen molar-refractivity contribution in [1.29, 1.82) is 0 Å². The van der Waals surface area contributed by atoms with Gasteiger partial charge in [-0.05, 0) is 46.3 Å². The lowest BCUT2D eigenvalue weighted by Crippen LogP contribution is -2.14. The predicted molar refractivity (Wildman–Crippen MR) is 91.0 cm³/mol. The van der Waals surface area contributed by atoms with Gasteiger partial charge in [-0.3, -0.25) is 4.79 Å². The topological polar surface area (TPSA) is 91.2 Å². The summed E-state index contributed by atoms with van der Waals surface area (Å²) >= 11 is 0. The molecule has 0 aliphatic rings. The second kappa shape index (κ2) is 7.43. The second-order valence-corrected chi connectivity index (χ2v) is 5.22. The normalized spacial score (nSPS) is 10.3. The van der Waals surface area contributed by atoms with E-state index in [-0.39, 0.29) is 12.3 Å². The first-order chi connectivity index (χ1) is 12.2. The fourth-order valence-electron chi connectivity index (χ4n) is 2.39. The van der Waals surface area contributed by atoms with Gasteiger partial charge in [0.05, 0.1) is 20.6 Å². The summed E-state index contributed by atoms with van der Waals surface area (Å²) in [5.74, 6) is 1.18. The van der Waals surface area contributed by atoms with Gasteiger partial charge in [0.15, 0.2) is 0 Å². The van der Waals surface area contributed by atoms with Crippen LogP contribution in [-0.2, 0) is 11.2 Å². The molecule has 0 saturated heterocycles. The van der Waals surface area contributed by atoms with E-state index in [2.05, 4.69) is 20.8 Å². The molecule has 0 spiro atoms. The maximum Gasteiger partial charge on any atom is 0.228 e. The van der Waals surface area contributed by atoms with Crippen LogP contribution in [0.25, 0.3) is 5.69 Å². The minimum atomic E-state index is -0.138. The van der Waals surface area contributed by atoms with Crippen molar-refractivity contribution < 1.29 is 14.3 Å². The van der Waals surface area contributed by atoms with Crippen molar-refractivity contribution in [1.82, 2.24) is 20.2 Å². The molecule has 0 bridgehead atoms. The Hall–Kier alpha value is -3.42. The van der Waals surface area contributed by atoms with Crippen LogP contribution in [0.15, 0.2) is 48.8 Å². The van der Waals surface area contributed by atoms with E-state index < -0.39 is 0 Å². The molecule has 0 fully saturated rings. The Labute approximate surface area is 144 Å². The monoisotopic (exact) mass is 339 g/mol. The molecule has 3 rings (SSSR count). The number of ether oxygens (including phenoxy) is 2. The van der Waals surface area contributed by atoms with E-state index in [0.29, 0.717) is 17.1 Å². The molecule has 1 amide bonds. The lowest BCUT2D eigenvalue weighted by atomic mass is 10.1. The van der Waals surface area contributed by atoms with Crippen LogP contribution in [0.3, 0.4) is 0 Å². The molecule has 3 aromatic rings. The zero-order valence-corrected chi connectivity index (χ0v) is 13.8. The average Bonchev–Trinajstić information content (AvgIpc) is 3.16. The number of rotatable bonds is 6. The SMILES string of the molecule is COc1cccc(CC(=O)Nc2ccc(OC)c(-n3cnnn3)c2)c1. The Morgan fingerprint density at radius 1 is 1.16 bits per heavy atom. The molecule has 1 aromatic heterocycles. The number of nitrogens with one attached hydrogen (secondary N) is 1. The molecule has 0 saturated carbocycles. The minimum absolute atomic E-state index is 0.138. The van der Waals surface area contributed by atoms with E-state index in [9.17, 15) is 4.79 Å². The van der Waals surface area contributed by atoms with E-state index in [1.807, 2.05) is 24.3 Å². The van der Waals surface area contributed by atoms with Gasteiger partial charge in [0, 0.05) is 5.69 Å². The van der Waals surface area contributed by atoms with Gasteiger partial charge in [-0.1, -0.05) is 12.1 Å². The third-order valence-corrected chi connectivity index (χ3v) is 3.56. The standard InChI is InChI=1S/C17H17N5O3/c1-24-14-5-3-4-12(8-14)9-17(23)19-13-6-7-16(25-2)15(10-13)22-11-18-20-21-22/h3-8,10-11H,9H2,1-2H3,(H,19,23). The maximum atomic E-state index is 12.3. The van der Waals surface area contributed by atoms with E-state index in [1.165, 1.54) is 11.0 Å². The molecule has 2 aromatic carbocycles. The van der Waals surface area contributed by atoms with E-state index >= 15 is 0 Å². The fraction of sp³-hybridized carbons (Fsp3) is 0.176. The van der Waals surface area contributed by atoms with Crippen molar-refractivity contribution in [2.24, 2.45) is 0 Å². The van der Waals surface area contributed by atoms with Gasteiger partial charge in [-0.2, -0.15) is 4.68 Å². The van der Waals surface area contributed by atoms with Gasteiger partial charge < -0.3 is 14.8 Å². The number of anilines is 1. The summed E-state index contributed by atoms with van der Waals surface area (Å²) in [6.45, 7) is 0. The van der Waals surface area contributed by atoms with Gasteiger partial charge in [-0.25, -0.2) is 0 Å². The van der Waals surface area contributed by atoms with Crippen LogP contribution < -0.4 is 14.8 Å². The number of tetrazole rings is 1. The number of methoxy groups -OCH3 is 2. The summed E-state index contributed by atoms with van der Waals surface area (Å²) < 4.78 is 11.9. The van der Waals surface area contributed by atoms with Crippen LogP contribution in [0.5, 0.6) is 11.5 Å². The largest absolute Gasteiger partial charge is 0.497 e. The zero-order valence-electron chi connectivity index (χ0n) is 13.8. The number of amides is 1. The number of hydrogen-bond acceptors (Lipinski definition) is 6. The van der Waals surface area contributed by atoms with E-state index in [0.717, 1.165) is 11.3 Å². The summed E-state index contributed by atoms with van der Waals surface area (Å²) in [6.07, 6.45) is 1.70. The highest BCUT2D eigenvalue weighted by atomic mass is 16.5. The van der Waals surface area contributed by atoms with Crippen LogP contribution in [0.1, 0.15) is 5.56 Å². The molecule has 0 aliphatic heterocycles. The quantitative estimate of drug-likeness (QED) is 0.737. The molecule has 128 valence electrons. The molecular formula is C17H17N5O3. The van der Waals surface area contributed by atoms with E-state index in [1.54, 1.807) is 32.4 Å². The van der Waals surface area contributed by atoms with Crippen LogP contribution in [0.4, 0.5) is 5.69 Å². The average molecular weight is 339 g/mol. The van der Waals surface area contributed by atoms with Crippen LogP contribution >= 0.6 is 0 Å². The zero-order chi connectivity index (χ0) is 17.6. The van der Waals surface area contributed by atoms with Gasteiger partial charge in [0.1, 0.15) is 23.5 Å². The lowest BCUT2D eigenvalue weighted by molar-refractivity contribution is -0.115. The van der Waals surface area contributed by atoms with Crippen molar-refractivity contribution in [2.45, 2.75) is 6.42 Å². The highest BCUT2D eigenvalue weighted by Crippen LogP contribution is 2.25. The summed E-state index contributed by atoms with van der Waals surface area (Å²) in [7, 11) is 3.15. The third-order valence-electron chi connectivity index (χ3n) is 3.56. The molecule has 1 heterocycles. The van der Waals surface area contributed by atoms with Crippen molar-refractivity contribution in [3.8, 4) is 17.2 Å². The van der Waals surface area contributed by atoms with Gasteiger partial charge in [0.25, 0.3) is 0 Å². The first kappa shape index (κ1) is 16.4. The lowest BCUT2D eigenvalue weighted by Gasteiger charge is -2.11. The first-order valence-electron chi connectivity index (χ1n) is 7.54. The maximum absolute atomic E-state index is 12.3. The summed E-state index contributed by atoms with van der Waals surface area (Å²) in [5.41, 5.74) is 2.12. The van der Waals surface area contributed by atoms with Crippen molar-refractivity contribution in [3.05, 3.63) is 54.4 Å². The summed E-state index contributed by atoms with van der Waals surface area (Å²) in [6, 6.07) is 12.7. The first-order valence-corrected chi connectivity index (χ1v) is 7.54. The van der Waals surface area contributed by atoms with Gasteiger partial charge in [0.2, 0.25) is 5.91 Å². The number of aromatic nitrogens is 4. The number of carbonyl (C=O) groups excluding carboxylic acids is 1. The third kappa shape index (κ3) is 3.92. The Morgan fingerprint density at radius 2 is 2.04 bits per heavy atom. The molecule has 0 aliphatic carbocycles.